The van der Waals surface area contributed by atoms with E-state index in [0.717, 1.165) is 11.1 Å². The van der Waals surface area contributed by atoms with E-state index in [1.165, 1.54) is 15.9 Å². The number of fused-ring (bicyclic) bond motifs is 1. The molecule has 0 fully saturated rings. The molecule has 2 heterocycles. The molecule has 2 N–H and O–H groups in total. The quantitative estimate of drug-likeness (QED) is 0.625. The standard InChI is InChI=1S/C17H16ClN3O2S2/c18-12-5-3-11(4-6-12)10-19-14(22)2-1-8-21-16(23)15-13(7-9-25-15)20-17(21)24/h3-7,9H,1-2,8,10H2,(H,19,22)(H,20,24). The highest BCUT2D eigenvalue weighted by Gasteiger charge is 2.08. The number of nitrogens with one attached hydrogen (secondary N) is 2. The van der Waals surface area contributed by atoms with Crippen molar-refractivity contribution in [1.82, 2.24) is 14.9 Å². The number of thiophene rings is 1. The van der Waals surface area contributed by atoms with Gasteiger partial charge in [0, 0.05) is 24.5 Å². The summed E-state index contributed by atoms with van der Waals surface area (Å²) in [5.74, 6) is -0.0601. The first-order valence-corrected chi connectivity index (χ1v) is 9.42. The van der Waals surface area contributed by atoms with Gasteiger partial charge in [-0.25, -0.2) is 0 Å². The zero-order chi connectivity index (χ0) is 17.8. The molecule has 1 aromatic carbocycles. The van der Waals surface area contributed by atoms with E-state index in [1.807, 2.05) is 23.6 Å². The average molecular weight is 394 g/mol. The maximum absolute atomic E-state index is 12.4. The second kappa shape index (κ2) is 7.95. The van der Waals surface area contributed by atoms with Crippen LogP contribution in [0.4, 0.5) is 0 Å². The molecule has 3 aromatic rings. The summed E-state index contributed by atoms with van der Waals surface area (Å²) in [7, 11) is 0. The Morgan fingerprint density at radius 1 is 1.28 bits per heavy atom. The van der Waals surface area contributed by atoms with Crippen molar-refractivity contribution in [3.8, 4) is 0 Å². The maximum atomic E-state index is 12.4. The molecule has 3 rings (SSSR count). The van der Waals surface area contributed by atoms with Crippen molar-refractivity contribution in [3.63, 3.8) is 0 Å². The zero-order valence-corrected chi connectivity index (χ0v) is 15.6. The number of aromatic nitrogens is 2. The lowest BCUT2D eigenvalue weighted by Gasteiger charge is -2.08. The minimum Gasteiger partial charge on any atom is -0.352 e. The van der Waals surface area contributed by atoms with Gasteiger partial charge in [-0.05, 0) is 47.8 Å². The molecule has 25 heavy (non-hydrogen) atoms. The Morgan fingerprint density at radius 2 is 2.04 bits per heavy atom. The predicted octanol–water partition coefficient (Wildman–Crippen LogP) is 3.87. The lowest BCUT2D eigenvalue weighted by Crippen LogP contribution is -2.25. The van der Waals surface area contributed by atoms with Crippen LogP contribution in [0.2, 0.25) is 5.02 Å². The number of nitrogens with zero attached hydrogens (tertiary/aromatic N) is 1. The molecule has 8 heteroatoms. The van der Waals surface area contributed by atoms with Crippen molar-refractivity contribution in [3.05, 3.63) is 61.4 Å². The molecule has 0 aliphatic rings. The second-order valence-electron chi connectivity index (χ2n) is 5.56. The first-order valence-electron chi connectivity index (χ1n) is 7.76. The molecular formula is C17H16ClN3O2S2. The van der Waals surface area contributed by atoms with Crippen LogP contribution in [0.25, 0.3) is 10.2 Å². The van der Waals surface area contributed by atoms with Crippen molar-refractivity contribution in [2.75, 3.05) is 0 Å². The summed E-state index contributed by atoms with van der Waals surface area (Å²) in [4.78, 5) is 27.4. The van der Waals surface area contributed by atoms with Crippen LogP contribution in [0, 0.1) is 4.77 Å². The first-order chi connectivity index (χ1) is 12.0. The summed E-state index contributed by atoms with van der Waals surface area (Å²) in [5.41, 5.74) is 1.65. The number of rotatable bonds is 6. The summed E-state index contributed by atoms with van der Waals surface area (Å²) >= 11 is 12.5. The van der Waals surface area contributed by atoms with Crippen molar-refractivity contribution >= 4 is 51.3 Å². The van der Waals surface area contributed by atoms with E-state index in [4.69, 9.17) is 23.8 Å². The summed E-state index contributed by atoms with van der Waals surface area (Å²) in [6.07, 6.45) is 0.873. The fourth-order valence-corrected chi connectivity index (χ4v) is 3.67. The highest BCUT2D eigenvalue weighted by molar-refractivity contribution is 7.71. The number of carbonyl (C=O) groups excluding carboxylic acids is 1. The Labute approximate surface area is 158 Å². The van der Waals surface area contributed by atoms with E-state index in [-0.39, 0.29) is 11.5 Å². The molecule has 0 aliphatic carbocycles. The van der Waals surface area contributed by atoms with Crippen LogP contribution in [-0.2, 0) is 17.9 Å². The van der Waals surface area contributed by atoms with Gasteiger partial charge in [-0.3, -0.25) is 14.2 Å². The van der Waals surface area contributed by atoms with E-state index in [2.05, 4.69) is 10.3 Å². The van der Waals surface area contributed by atoms with Gasteiger partial charge in [0.1, 0.15) is 4.70 Å². The van der Waals surface area contributed by atoms with Gasteiger partial charge in [-0.2, -0.15) is 0 Å². The van der Waals surface area contributed by atoms with E-state index < -0.39 is 0 Å². The fourth-order valence-electron chi connectivity index (χ4n) is 2.46. The zero-order valence-electron chi connectivity index (χ0n) is 13.3. The van der Waals surface area contributed by atoms with Gasteiger partial charge in [0.2, 0.25) is 5.91 Å². The molecule has 0 atom stereocenters. The largest absolute Gasteiger partial charge is 0.352 e. The fraction of sp³-hybridized carbons (Fsp3) is 0.235. The molecule has 130 valence electrons. The average Bonchev–Trinajstić information content (AvgIpc) is 3.06. The van der Waals surface area contributed by atoms with E-state index in [9.17, 15) is 9.59 Å². The number of aromatic amines is 1. The van der Waals surface area contributed by atoms with Crippen molar-refractivity contribution in [2.24, 2.45) is 0 Å². The van der Waals surface area contributed by atoms with Crippen molar-refractivity contribution in [1.29, 1.82) is 0 Å². The van der Waals surface area contributed by atoms with Crippen LogP contribution >= 0.6 is 35.2 Å². The highest BCUT2D eigenvalue weighted by atomic mass is 35.5. The molecule has 0 bridgehead atoms. The van der Waals surface area contributed by atoms with Crippen LogP contribution in [0.15, 0.2) is 40.5 Å². The van der Waals surface area contributed by atoms with Gasteiger partial charge >= 0.3 is 0 Å². The topological polar surface area (TPSA) is 66.9 Å². The van der Waals surface area contributed by atoms with Gasteiger partial charge in [0.05, 0.1) is 5.52 Å². The Morgan fingerprint density at radius 3 is 2.80 bits per heavy atom. The molecule has 0 spiro atoms. The smallest absolute Gasteiger partial charge is 0.272 e. The number of hydrogen-bond acceptors (Lipinski definition) is 4. The Bertz CT molecular complexity index is 1010. The summed E-state index contributed by atoms with van der Waals surface area (Å²) in [5, 5.41) is 5.38. The molecular weight excluding hydrogens is 378 g/mol. The van der Waals surface area contributed by atoms with Crippen LogP contribution in [0.3, 0.4) is 0 Å². The van der Waals surface area contributed by atoms with Crippen LogP contribution in [0.5, 0.6) is 0 Å². The molecule has 5 nitrogen and oxygen atoms in total. The molecule has 0 saturated heterocycles. The Hall–Kier alpha value is -1.96. The van der Waals surface area contributed by atoms with Crippen LogP contribution in [0.1, 0.15) is 18.4 Å². The van der Waals surface area contributed by atoms with Crippen molar-refractivity contribution < 1.29 is 4.79 Å². The Kier molecular flexibility index (Phi) is 5.67. The lowest BCUT2D eigenvalue weighted by molar-refractivity contribution is -0.121. The van der Waals surface area contributed by atoms with Gasteiger partial charge in [-0.15, -0.1) is 11.3 Å². The highest BCUT2D eigenvalue weighted by Crippen LogP contribution is 2.14. The third-order valence-corrected chi connectivity index (χ3v) is 5.26. The Balaban J connectivity index is 1.54. The first kappa shape index (κ1) is 17.8. The summed E-state index contributed by atoms with van der Waals surface area (Å²) in [6.45, 7) is 0.869. The van der Waals surface area contributed by atoms with E-state index >= 15 is 0 Å². The molecule has 1 amide bonds. The molecule has 0 unspecified atom stereocenters. The third kappa shape index (κ3) is 4.36. The van der Waals surface area contributed by atoms with E-state index in [1.54, 1.807) is 12.1 Å². The van der Waals surface area contributed by atoms with Crippen LogP contribution < -0.4 is 10.9 Å². The summed E-state index contributed by atoms with van der Waals surface area (Å²) < 4.78 is 2.55. The third-order valence-electron chi connectivity index (χ3n) is 3.78. The maximum Gasteiger partial charge on any atom is 0.272 e. The lowest BCUT2D eigenvalue weighted by atomic mass is 10.2. The number of amides is 1. The minimum atomic E-state index is -0.102. The van der Waals surface area contributed by atoms with Gasteiger partial charge in [0.15, 0.2) is 4.77 Å². The second-order valence-corrected chi connectivity index (χ2v) is 7.30. The number of carbonyl (C=O) groups is 1. The molecule has 0 radical (unpaired) electrons. The molecule has 0 saturated carbocycles. The summed E-state index contributed by atoms with van der Waals surface area (Å²) in [6, 6.07) is 9.16. The minimum absolute atomic E-state index is 0.0601. The van der Waals surface area contributed by atoms with Crippen molar-refractivity contribution in [2.45, 2.75) is 25.9 Å². The predicted molar refractivity (Wildman–Crippen MR) is 104 cm³/mol. The van der Waals surface area contributed by atoms with Gasteiger partial charge < -0.3 is 10.3 Å². The number of hydrogen-bond donors (Lipinski definition) is 2. The normalized spacial score (nSPS) is 10.9. The van der Waals surface area contributed by atoms with Gasteiger partial charge in [-0.1, -0.05) is 23.7 Å². The van der Waals surface area contributed by atoms with E-state index in [0.29, 0.717) is 40.4 Å². The number of halogens is 1. The van der Waals surface area contributed by atoms with Gasteiger partial charge in [0.25, 0.3) is 5.56 Å². The monoisotopic (exact) mass is 393 g/mol. The number of benzene rings is 1. The molecule has 0 aliphatic heterocycles. The number of H-pyrrole nitrogens is 1. The van der Waals surface area contributed by atoms with Crippen LogP contribution in [-0.4, -0.2) is 15.5 Å². The SMILES string of the molecule is O=C(CCCn1c(=S)[nH]c2ccsc2c1=O)NCc1ccc(Cl)cc1. The molecule has 2 aromatic heterocycles.